The number of furan rings is 1. The largest absolute Gasteiger partial charge is 0.507 e. The Kier molecular flexibility index (Phi) is 2.48. The Morgan fingerprint density at radius 2 is 2.15 bits per heavy atom. The van der Waals surface area contributed by atoms with E-state index in [9.17, 15) is 9.90 Å². The highest BCUT2D eigenvalue weighted by Crippen LogP contribution is 2.28. The van der Waals surface area contributed by atoms with Crippen molar-refractivity contribution in [1.82, 2.24) is 4.57 Å². The Bertz CT molecular complexity index is 867. The summed E-state index contributed by atoms with van der Waals surface area (Å²) in [7, 11) is 0. The Balaban J connectivity index is 2.21. The number of benzene rings is 1. The summed E-state index contributed by atoms with van der Waals surface area (Å²) in [4.78, 5) is 10.9. The zero-order valence-corrected chi connectivity index (χ0v) is 10.1. The van der Waals surface area contributed by atoms with Crippen LogP contribution in [0.5, 0.6) is 5.75 Å². The summed E-state index contributed by atoms with van der Waals surface area (Å²) in [5.74, 6) is -1.54. The molecule has 0 aliphatic carbocycles. The third kappa shape index (κ3) is 1.61. The smallest absolute Gasteiger partial charge is 0.339 e. The minimum atomic E-state index is -1.20. The van der Waals surface area contributed by atoms with E-state index >= 15 is 0 Å². The second-order valence-electron chi connectivity index (χ2n) is 4.17. The summed E-state index contributed by atoms with van der Waals surface area (Å²) in [5, 5.41) is 27.6. The Morgan fingerprint density at radius 1 is 1.35 bits per heavy atom. The normalized spacial score (nSPS) is 10.6. The van der Waals surface area contributed by atoms with Crippen LogP contribution in [0.3, 0.4) is 0 Å². The lowest BCUT2D eigenvalue weighted by molar-refractivity contribution is 0.0694. The Labute approximate surface area is 112 Å². The molecule has 98 valence electrons. The number of carboxylic acid groups (broad SMARTS) is 1. The molecule has 1 aromatic carbocycles. The molecule has 3 rings (SSSR count). The number of aromatic hydroxyl groups is 1. The molecule has 2 N–H and O–H groups in total. The van der Waals surface area contributed by atoms with Gasteiger partial charge in [-0.2, -0.15) is 5.26 Å². The third-order valence-corrected chi connectivity index (χ3v) is 3.02. The number of hydrogen-bond acceptors (Lipinski definition) is 4. The number of carboxylic acids is 1. The molecule has 0 fully saturated rings. The SMILES string of the molecule is N#Cc1cn(-c2ccc(C(=O)O)c(O)c2)c2ccoc12. The summed E-state index contributed by atoms with van der Waals surface area (Å²) in [6.45, 7) is 0. The van der Waals surface area contributed by atoms with E-state index in [-0.39, 0.29) is 11.3 Å². The number of nitrogens with zero attached hydrogens (tertiary/aromatic N) is 2. The molecule has 6 heteroatoms. The van der Waals surface area contributed by atoms with E-state index in [1.807, 2.05) is 6.07 Å². The lowest BCUT2D eigenvalue weighted by atomic mass is 10.2. The summed E-state index contributed by atoms with van der Waals surface area (Å²) in [5.41, 5.74) is 1.86. The molecule has 0 unspecified atom stereocenters. The highest BCUT2D eigenvalue weighted by atomic mass is 16.4. The van der Waals surface area contributed by atoms with Crippen molar-refractivity contribution in [3.8, 4) is 17.5 Å². The lowest BCUT2D eigenvalue weighted by Crippen LogP contribution is -1.98. The van der Waals surface area contributed by atoms with Gasteiger partial charge in [0, 0.05) is 24.0 Å². The van der Waals surface area contributed by atoms with Gasteiger partial charge in [-0.05, 0) is 12.1 Å². The van der Waals surface area contributed by atoms with E-state index in [1.165, 1.54) is 18.4 Å². The molecule has 0 aliphatic heterocycles. The van der Waals surface area contributed by atoms with Crippen LogP contribution in [-0.4, -0.2) is 20.7 Å². The van der Waals surface area contributed by atoms with Gasteiger partial charge in [0.2, 0.25) is 0 Å². The average molecular weight is 268 g/mol. The fourth-order valence-electron chi connectivity index (χ4n) is 2.09. The van der Waals surface area contributed by atoms with Crippen LogP contribution < -0.4 is 0 Å². The zero-order valence-electron chi connectivity index (χ0n) is 10.1. The number of hydrogen-bond donors (Lipinski definition) is 2. The monoisotopic (exact) mass is 268 g/mol. The van der Waals surface area contributed by atoms with Gasteiger partial charge in [0.05, 0.1) is 11.8 Å². The first-order chi connectivity index (χ1) is 9.61. The Hall–Kier alpha value is -3.20. The first-order valence-corrected chi connectivity index (χ1v) is 5.67. The first-order valence-electron chi connectivity index (χ1n) is 5.67. The highest BCUT2D eigenvalue weighted by molar-refractivity contribution is 5.91. The first kappa shape index (κ1) is 11.9. The molecule has 0 amide bonds. The maximum Gasteiger partial charge on any atom is 0.339 e. The van der Waals surface area contributed by atoms with Gasteiger partial charge in [-0.1, -0.05) is 0 Å². The van der Waals surface area contributed by atoms with Crippen molar-refractivity contribution in [3.63, 3.8) is 0 Å². The second kappa shape index (κ2) is 4.17. The molecule has 0 radical (unpaired) electrons. The van der Waals surface area contributed by atoms with Crippen LogP contribution in [0.4, 0.5) is 0 Å². The highest BCUT2D eigenvalue weighted by Gasteiger charge is 2.15. The van der Waals surface area contributed by atoms with Crippen molar-refractivity contribution < 1.29 is 19.4 Å². The van der Waals surface area contributed by atoms with E-state index in [4.69, 9.17) is 14.8 Å². The number of rotatable bonds is 2. The molecule has 2 aromatic heterocycles. The number of phenols is 1. The third-order valence-electron chi connectivity index (χ3n) is 3.02. The molecule has 0 aliphatic rings. The van der Waals surface area contributed by atoms with Gasteiger partial charge in [-0.25, -0.2) is 4.79 Å². The summed E-state index contributed by atoms with van der Waals surface area (Å²) in [6, 6.07) is 7.91. The fraction of sp³-hybridized carbons (Fsp3) is 0. The van der Waals surface area contributed by atoms with E-state index in [1.54, 1.807) is 22.9 Å². The zero-order chi connectivity index (χ0) is 14.3. The van der Waals surface area contributed by atoms with Crippen LogP contribution in [0, 0.1) is 11.3 Å². The van der Waals surface area contributed by atoms with Crippen molar-refractivity contribution in [2.75, 3.05) is 0 Å². The van der Waals surface area contributed by atoms with Crippen molar-refractivity contribution in [2.24, 2.45) is 0 Å². The average Bonchev–Trinajstić information content (AvgIpc) is 2.99. The van der Waals surface area contributed by atoms with Gasteiger partial charge >= 0.3 is 5.97 Å². The van der Waals surface area contributed by atoms with Crippen LogP contribution in [0.15, 0.2) is 41.1 Å². The standard InChI is InChI=1S/C14H8N2O4/c15-6-8-7-16(11-3-4-20-13(8)11)9-1-2-10(14(18)19)12(17)5-9/h1-5,7,17H,(H,18,19). The van der Waals surface area contributed by atoms with Crippen LogP contribution in [0.2, 0.25) is 0 Å². The van der Waals surface area contributed by atoms with Gasteiger partial charge in [-0.15, -0.1) is 0 Å². The van der Waals surface area contributed by atoms with E-state index in [2.05, 4.69) is 0 Å². The molecule has 6 nitrogen and oxygen atoms in total. The molecule has 0 spiro atoms. The van der Waals surface area contributed by atoms with Crippen LogP contribution in [-0.2, 0) is 0 Å². The second-order valence-corrected chi connectivity index (χ2v) is 4.17. The number of nitriles is 1. The minimum absolute atomic E-state index is 0.176. The quantitative estimate of drug-likeness (QED) is 0.743. The molecule has 0 atom stereocenters. The van der Waals surface area contributed by atoms with E-state index in [0.717, 1.165) is 0 Å². The fourth-order valence-corrected chi connectivity index (χ4v) is 2.09. The van der Waals surface area contributed by atoms with Gasteiger partial charge in [0.1, 0.15) is 22.9 Å². The summed E-state index contributed by atoms with van der Waals surface area (Å²) in [6.07, 6.45) is 3.04. The van der Waals surface area contributed by atoms with Crippen molar-refractivity contribution in [2.45, 2.75) is 0 Å². The maximum absolute atomic E-state index is 10.9. The predicted octanol–water partition coefficient (Wildman–Crippen LogP) is 2.50. The van der Waals surface area contributed by atoms with Crippen molar-refractivity contribution >= 4 is 17.1 Å². The lowest BCUT2D eigenvalue weighted by Gasteiger charge is -2.06. The molecular formula is C14H8N2O4. The number of carbonyl (C=O) groups is 1. The van der Waals surface area contributed by atoms with Gasteiger partial charge < -0.3 is 19.2 Å². The van der Waals surface area contributed by atoms with Crippen LogP contribution in [0.1, 0.15) is 15.9 Å². The van der Waals surface area contributed by atoms with Gasteiger partial charge in [-0.3, -0.25) is 0 Å². The van der Waals surface area contributed by atoms with Gasteiger partial charge in [0.25, 0.3) is 0 Å². The molecule has 3 aromatic rings. The molecule has 0 saturated heterocycles. The number of aromatic carboxylic acids is 1. The molecule has 2 heterocycles. The predicted molar refractivity (Wildman–Crippen MR) is 68.9 cm³/mol. The summed E-state index contributed by atoms with van der Waals surface area (Å²) < 4.78 is 6.89. The molecule has 0 saturated carbocycles. The maximum atomic E-state index is 10.9. The Morgan fingerprint density at radius 3 is 2.80 bits per heavy atom. The number of aromatic nitrogens is 1. The molecule has 20 heavy (non-hydrogen) atoms. The molecule has 0 bridgehead atoms. The van der Waals surface area contributed by atoms with E-state index in [0.29, 0.717) is 22.4 Å². The summed E-state index contributed by atoms with van der Waals surface area (Å²) >= 11 is 0. The van der Waals surface area contributed by atoms with Gasteiger partial charge in [0.15, 0.2) is 5.58 Å². The molecular weight excluding hydrogens is 260 g/mol. The van der Waals surface area contributed by atoms with Crippen LogP contribution >= 0.6 is 0 Å². The number of fused-ring (bicyclic) bond motifs is 1. The van der Waals surface area contributed by atoms with Crippen molar-refractivity contribution in [1.29, 1.82) is 5.26 Å². The topological polar surface area (TPSA) is 99.4 Å². The van der Waals surface area contributed by atoms with E-state index < -0.39 is 5.97 Å². The van der Waals surface area contributed by atoms with Crippen molar-refractivity contribution in [3.05, 3.63) is 47.9 Å². The minimum Gasteiger partial charge on any atom is -0.507 e. The van der Waals surface area contributed by atoms with Crippen LogP contribution in [0.25, 0.3) is 16.8 Å².